The van der Waals surface area contributed by atoms with Crippen LogP contribution in [0.4, 0.5) is 0 Å². The fraction of sp³-hybridized carbons (Fsp3) is 0.350. The van der Waals surface area contributed by atoms with E-state index >= 15 is 0 Å². The number of aromatic nitrogens is 3. The number of halogens is 1. The molecule has 0 aliphatic carbocycles. The van der Waals surface area contributed by atoms with Crippen LogP contribution in [0, 0.1) is 6.92 Å². The molecule has 0 radical (unpaired) electrons. The summed E-state index contributed by atoms with van der Waals surface area (Å²) in [6.07, 6.45) is 5.54. The molecule has 28 heavy (non-hydrogen) atoms. The topological polar surface area (TPSA) is 67.1 Å². The van der Waals surface area contributed by atoms with Crippen molar-refractivity contribution in [3.63, 3.8) is 0 Å². The average Bonchev–Trinajstić information content (AvgIpc) is 3.34. The van der Waals surface area contributed by atoms with Crippen LogP contribution in [-0.4, -0.2) is 40.4 Å². The summed E-state index contributed by atoms with van der Waals surface area (Å²) in [7, 11) is 0. The third-order valence-electron chi connectivity index (χ3n) is 4.06. The fourth-order valence-electron chi connectivity index (χ4n) is 2.71. The molecule has 0 aliphatic heterocycles. The highest BCUT2D eigenvalue weighted by molar-refractivity contribution is 14.0. The zero-order valence-electron chi connectivity index (χ0n) is 16.3. The Hall–Kier alpha value is -1.94. The summed E-state index contributed by atoms with van der Waals surface area (Å²) in [5.74, 6) is 0.859. The second-order valence-electron chi connectivity index (χ2n) is 6.16. The lowest BCUT2D eigenvalue weighted by atomic mass is 10.1. The minimum atomic E-state index is 0. The third kappa shape index (κ3) is 6.90. The molecule has 0 saturated carbocycles. The van der Waals surface area contributed by atoms with Crippen molar-refractivity contribution in [3.05, 3.63) is 64.4 Å². The molecule has 8 heteroatoms. The van der Waals surface area contributed by atoms with Crippen molar-refractivity contribution >= 4 is 41.3 Å². The van der Waals surface area contributed by atoms with Crippen LogP contribution < -0.4 is 10.6 Å². The Kier molecular flexibility index (Phi) is 9.42. The minimum Gasteiger partial charge on any atom is -0.357 e. The average molecular weight is 510 g/mol. The Balaban J connectivity index is 0.00000280. The molecule has 3 rings (SSSR count). The maximum absolute atomic E-state index is 4.64. The number of aliphatic imine (C=N–C) groups is 1. The fourth-order valence-corrected chi connectivity index (χ4v) is 3.36. The molecule has 150 valence electrons. The first kappa shape index (κ1) is 22.4. The van der Waals surface area contributed by atoms with Crippen molar-refractivity contribution in [3.8, 4) is 5.69 Å². The van der Waals surface area contributed by atoms with E-state index in [0.29, 0.717) is 0 Å². The Morgan fingerprint density at radius 3 is 2.64 bits per heavy atom. The summed E-state index contributed by atoms with van der Waals surface area (Å²) in [5.41, 5.74) is 3.48. The van der Waals surface area contributed by atoms with E-state index in [1.54, 1.807) is 17.5 Å². The number of rotatable bonds is 8. The van der Waals surface area contributed by atoms with E-state index in [2.05, 4.69) is 62.3 Å². The molecular formula is C20H27IN6S. The number of aryl methyl sites for hydroxylation is 1. The number of hydrogen-bond donors (Lipinski definition) is 2. The molecule has 2 N–H and O–H groups in total. The third-order valence-corrected chi connectivity index (χ3v) is 4.88. The normalized spacial score (nSPS) is 11.1. The van der Waals surface area contributed by atoms with E-state index in [-0.39, 0.29) is 24.0 Å². The molecule has 0 bridgehead atoms. The van der Waals surface area contributed by atoms with E-state index in [0.717, 1.165) is 54.8 Å². The summed E-state index contributed by atoms with van der Waals surface area (Å²) in [6.45, 7) is 6.53. The highest BCUT2D eigenvalue weighted by Crippen LogP contribution is 2.09. The Morgan fingerprint density at radius 1 is 1.18 bits per heavy atom. The van der Waals surface area contributed by atoms with Gasteiger partial charge in [-0.2, -0.15) is 5.10 Å². The van der Waals surface area contributed by atoms with Gasteiger partial charge in [0.2, 0.25) is 0 Å². The number of benzene rings is 1. The number of nitrogens with one attached hydrogen (secondary N) is 2. The zero-order chi connectivity index (χ0) is 18.9. The molecule has 2 heterocycles. The van der Waals surface area contributed by atoms with Gasteiger partial charge >= 0.3 is 0 Å². The molecule has 0 atom stereocenters. The molecule has 3 aromatic rings. The van der Waals surface area contributed by atoms with E-state index in [4.69, 9.17) is 0 Å². The highest BCUT2D eigenvalue weighted by atomic mass is 127. The smallest absolute Gasteiger partial charge is 0.191 e. The Morgan fingerprint density at radius 2 is 2.00 bits per heavy atom. The van der Waals surface area contributed by atoms with Gasteiger partial charge in [-0.3, -0.25) is 4.99 Å². The van der Waals surface area contributed by atoms with Crippen molar-refractivity contribution in [1.82, 2.24) is 25.4 Å². The van der Waals surface area contributed by atoms with Gasteiger partial charge in [0.05, 0.1) is 16.4 Å². The van der Waals surface area contributed by atoms with Crippen molar-refractivity contribution < 1.29 is 0 Å². The molecule has 0 aliphatic rings. The van der Waals surface area contributed by atoms with Crippen LogP contribution in [0.3, 0.4) is 0 Å². The van der Waals surface area contributed by atoms with E-state index in [1.807, 2.05) is 23.9 Å². The first-order valence-electron chi connectivity index (χ1n) is 9.26. The largest absolute Gasteiger partial charge is 0.357 e. The van der Waals surface area contributed by atoms with Gasteiger partial charge < -0.3 is 10.6 Å². The van der Waals surface area contributed by atoms with Crippen molar-refractivity contribution in [2.75, 3.05) is 19.6 Å². The van der Waals surface area contributed by atoms with Crippen molar-refractivity contribution in [2.45, 2.75) is 26.7 Å². The van der Waals surface area contributed by atoms with Crippen LogP contribution in [0.5, 0.6) is 0 Å². The predicted molar refractivity (Wildman–Crippen MR) is 127 cm³/mol. The van der Waals surface area contributed by atoms with Gasteiger partial charge in [0.1, 0.15) is 0 Å². The molecule has 0 saturated heterocycles. The number of hydrogen-bond acceptors (Lipinski definition) is 4. The van der Waals surface area contributed by atoms with Crippen LogP contribution in [-0.2, 0) is 12.8 Å². The number of thiazole rings is 1. The quantitative estimate of drug-likeness (QED) is 0.276. The summed E-state index contributed by atoms with van der Waals surface area (Å²) in [4.78, 5) is 9.13. The molecule has 0 unspecified atom stereocenters. The van der Waals surface area contributed by atoms with Crippen LogP contribution in [0.1, 0.15) is 23.2 Å². The van der Waals surface area contributed by atoms with Crippen molar-refractivity contribution in [2.24, 2.45) is 4.99 Å². The van der Waals surface area contributed by atoms with Gasteiger partial charge in [-0.15, -0.1) is 35.3 Å². The van der Waals surface area contributed by atoms with Gasteiger partial charge in [0.25, 0.3) is 0 Å². The second kappa shape index (κ2) is 11.8. The van der Waals surface area contributed by atoms with Crippen molar-refractivity contribution in [1.29, 1.82) is 0 Å². The molecule has 0 spiro atoms. The standard InChI is InChI=1S/C20H26N6S.HI/c1-3-21-20(23-13-10-18-15-27-16(2)25-18)22-12-9-17-5-7-19(8-6-17)26-14-4-11-24-26;/h4-8,11,14-15H,3,9-10,12-13H2,1-2H3,(H2,21,22,23);1H. The molecule has 1 aromatic carbocycles. The predicted octanol–water partition coefficient (Wildman–Crippen LogP) is 3.60. The molecular weight excluding hydrogens is 483 g/mol. The summed E-state index contributed by atoms with van der Waals surface area (Å²) >= 11 is 1.69. The van der Waals surface area contributed by atoms with Crippen LogP contribution in [0.25, 0.3) is 5.69 Å². The van der Waals surface area contributed by atoms with Gasteiger partial charge in [0.15, 0.2) is 5.96 Å². The van der Waals surface area contributed by atoms with Gasteiger partial charge in [-0.05, 0) is 44.0 Å². The molecule has 0 fully saturated rings. The SMILES string of the molecule is CCNC(=NCCc1csc(C)n1)NCCc1ccc(-n2cccn2)cc1.I. The maximum Gasteiger partial charge on any atom is 0.191 e. The second-order valence-corrected chi connectivity index (χ2v) is 7.22. The minimum absolute atomic E-state index is 0. The lowest BCUT2D eigenvalue weighted by Gasteiger charge is -2.11. The van der Waals surface area contributed by atoms with E-state index in [9.17, 15) is 0 Å². The Bertz CT molecular complexity index is 842. The van der Waals surface area contributed by atoms with Crippen LogP contribution in [0.15, 0.2) is 53.1 Å². The summed E-state index contributed by atoms with van der Waals surface area (Å²) in [6, 6.07) is 10.4. The maximum atomic E-state index is 4.64. The molecule has 6 nitrogen and oxygen atoms in total. The first-order chi connectivity index (χ1) is 13.2. The van der Waals surface area contributed by atoms with E-state index < -0.39 is 0 Å². The lowest BCUT2D eigenvalue weighted by Crippen LogP contribution is -2.38. The zero-order valence-corrected chi connectivity index (χ0v) is 19.4. The lowest BCUT2D eigenvalue weighted by molar-refractivity contribution is 0.794. The summed E-state index contributed by atoms with van der Waals surface area (Å²) < 4.78 is 1.86. The van der Waals surface area contributed by atoms with Crippen LogP contribution in [0.2, 0.25) is 0 Å². The van der Waals surface area contributed by atoms with Gasteiger partial charge in [0, 0.05) is 43.8 Å². The first-order valence-corrected chi connectivity index (χ1v) is 10.1. The molecule has 2 aromatic heterocycles. The monoisotopic (exact) mass is 510 g/mol. The summed E-state index contributed by atoms with van der Waals surface area (Å²) in [5, 5.41) is 14.2. The number of guanidine groups is 1. The van der Waals surface area contributed by atoms with Crippen LogP contribution >= 0.6 is 35.3 Å². The molecule has 0 amide bonds. The van der Waals surface area contributed by atoms with Gasteiger partial charge in [-0.1, -0.05) is 12.1 Å². The highest BCUT2D eigenvalue weighted by Gasteiger charge is 2.01. The van der Waals surface area contributed by atoms with E-state index in [1.165, 1.54) is 5.56 Å². The van der Waals surface area contributed by atoms with Gasteiger partial charge in [-0.25, -0.2) is 9.67 Å². The Labute approximate surface area is 187 Å². The number of nitrogens with zero attached hydrogens (tertiary/aromatic N) is 4.